The van der Waals surface area contributed by atoms with Gasteiger partial charge in [-0.1, -0.05) is 0 Å². The number of thioether (sulfide) groups is 1. The van der Waals surface area contributed by atoms with Gasteiger partial charge in [-0.3, -0.25) is 9.59 Å². The van der Waals surface area contributed by atoms with Gasteiger partial charge in [-0.2, -0.15) is 11.8 Å². The van der Waals surface area contributed by atoms with Crippen molar-refractivity contribution in [1.29, 1.82) is 0 Å². The highest BCUT2D eigenvalue weighted by molar-refractivity contribution is 7.97. The molecule has 1 heterocycles. The number of nitrogens with two attached hydrogens (primary N) is 1. The molecule has 0 aliphatic rings. The van der Waals surface area contributed by atoms with Crippen LogP contribution in [0.2, 0.25) is 0 Å². The summed E-state index contributed by atoms with van der Waals surface area (Å²) in [5, 5.41) is 11.0. The van der Waals surface area contributed by atoms with E-state index in [0.29, 0.717) is 11.5 Å². The topological polar surface area (TPSA) is 123 Å². The number of furan rings is 1. The normalized spacial score (nSPS) is 11.8. The SMILES string of the molecule is CSCc1ccc(C(=O)N[C@@H](CC(N)=O)C(=O)O)o1. The number of rotatable bonds is 7. The minimum atomic E-state index is -1.36. The van der Waals surface area contributed by atoms with Gasteiger partial charge < -0.3 is 20.6 Å². The van der Waals surface area contributed by atoms with E-state index in [1.807, 2.05) is 6.26 Å². The Kier molecular flexibility index (Phi) is 5.43. The summed E-state index contributed by atoms with van der Waals surface area (Å²) in [7, 11) is 0. The van der Waals surface area contributed by atoms with Crippen molar-refractivity contribution >= 4 is 29.5 Å². The third-order valence-electron chi connectivity index (χ3n) is 2.18. The number of carbonyl (C=O) groups excluding carboxylic acids is 2. The van der Waals surface area contributed by atoms with E-state index in [4.69, 9.17) is 15.3 Å². The van der Waals surface area contributed by atoms with Gasteiger partial charge >= 0.3 is 5.97 Å². The second kappa shape index (κ2) is 6.83. The van der Waals surface area contributed by atoms with Crippen LogP contribution in [0.4, 0.5) is 0 Å². The van der Waals surface area contributed by atoms with Crippen LogP contribution in [0.3, 0.4) is 0 Å². The number of primary amides is 1. The number of carbonyl (C=O) groups is 3. The number of aliphatic carboxylic acids is 1. The molecule has 0 fully saturated rings. The third kappa shape index (κ3) is 4.66. The Morgan fingerprint density at radius 3 is 2.68 bits per heavy atom. The number of amides is 2. The molecule has 0 spiro atoms. The molecule has 7 nitrogen and oxygen atoms in total. The molecule has 0 unspecified atom stereocenters. The second-order valence-corrected chi connectivity index (χ2v) is 4.60. The highest BCUT2D eigenvalue weighted by atomic mass is 32.2. The molecule has 0 bridgehead atoms. The molecule has 0 aromatic carbocycles. The lowest BCUT2D eigenvalue weighted by Crippen LogP contribution is -2.43. The molecule has 1 aromatic rings. The van der Waals surface area contributed by atoms with Crippen molar-refractivity contribution in [3.05, 3.63) is 23.7 Å². The Balaban J connectivity index is 2.70. The molecule has 19 heavy (non-hydrogen) atoms. The van der Waals surface area contributed by atoms with Crippen LogP contribution in [0.5, 0.6) is 0 Å². The minimum Gasteiger partial charge on any atom is -0.480 e. The highest BCUT2D eigenvalue weighted by Crippen LogP contribution is 2.13. The lowest BCUT2D eigenvalue weighted by molar-refractivity contribution is -0.140. The summed E-state index contributed by atoms with van der Waals surface area (Å²) in [6.45, 7) is 0. The molecule has 1 aromatic heterocycles. The van der Waals surface area contributed by atoms with Crippen LogP contribution in [0.1, 0.15) is 22.7 Å². The Labute approximate surface area is 113 Å². The van der Waals surface area contributed by atoms with Crippen molar-refractivity contribution in [2.45, 2.75) is 18.2 Å². The molecule has 0 aliphatic carbocycles. The maximum absolute atomic E-state index is 11.7. The van der Waals surface area contributed by atoms with E-state index in [1.165, 1.54) is 17.8 Å². The number of carboxylic acid groups (broad SMARTS) is 1. The van der Waals surface area contributed by atoms with Crippen LogP contribution < -0.4 is 11.1 Å². The van der Waals surface area contributed by atoms with Crippen LogP contribution in [0.15, 0.2) is 16.5 Å². The number of carboxylic acids is 1. The molecule has 0 saturated carbocycles. The number of nitrogens with one attached hydrogen (secondary N) is 1. The summed E-state index contributed by atoms with van der Waals surface area (Å²) in [6.07, 6.45) is 1.41. The van der Waals surface area contributed by atoms with Crippen molar-refractivity contribution in [3.8, 4) is 0 Å². The summed E-state index contributed by atoms with van der Waals surface area (Å²) in [5.41, 5.74) is 4.91. The third-order valence-corrected chi connectivity index (χ3v) is 2.75. The standard InChI is InChI=1S/C11H14N2O5S/c1-19-5-6-2-3-8(18-6)10(15)13-7(11(16)17)4-9(12)14/h2-3,7H,4-5H2,1H3,(H2,12,14)(H,13,15)(H,16,17)/t7-/m0/s1. The van der Waals surface area contributed by atoms with E-state index in [-0.39, 0.29) is 5.76 Å². The van der Waals surface area contributed by atoms with Gasteiger partial charge in [0.2, 0.25) is 5.91 Å². The van der Waals surface area contributed by atoms with E-state index in [1.54, 1.807) is 6.07 Å². The molecule has 104 valence electrons. The number of hydrogen-bond acceptors (Lipinski definition) is 5. The molecule has 2 amide bonds. The molecule has 1 rings (SSSR count). The smallest absolute Gasteiger partial charge is 0.326 e. The Morgan fingerprint density at radius 1 is 1.47 bits per heavy atom. The van der Waals surface area contributed by atoms with Crippen LogP contribution in [-0.4, -0.2) is 35.2 Å². The van der Waals surface area contributed by atoms with Crippen molar-refractivity contribution in [2.24, 2.45) is 5.73 Å². The molecule has 1 atom stereocenters. The fourth-order valence-corrected chi connectivity index (χ4v) is 1.79. The zero-order valence-electron chi connectivity index (χ0n) is 10.2. The van der Waals surface area contributed by atoms with Gasteiger partial charge in [-0.15, -0.1) is 0 Å². The lowest BCUT2D eigenvalue weighted by Gasteiger charge is -2.11. The summed E-state index contributed by atoms with van der Waals surface area (Å²) in [4.78, 5) is 33.3. The van der Waals surface area contributed by atoms with Crippen LogP contribution >= 0.6 is 11.8 Å². The number of hydrogen-bond donors (Lipinski definition) is 3. The van der Waals surface area contributed by atoms with Gasteiger partial charge in [0.05, 0.1) is 12.2 Å². The van der Waals surface area contributed by atoms with E-state index in [0.717, 1.165) is 0 Å². The maximum atomic E-state index is 11.7. The fourth-order valence-electron chi connectivity index (χ4n) is 1.35. The lowest BCUT2D eigenvalue weighted by atomic mass is 10.2. The molecule has 8 heteroatoms. The molecule has 4 N–H and O–H groups in total. The van der Waals surface area contributed by atoms with Crippen molar-refractivity contribution in [2.75, 3.05) is 6.26 Å². The van der Waals surface area contributed by atoms with Gasteiger partial charge in [0.1, 0.15) is 11.8 Å². The fraction of sp³-hybridized carbons (Fsp3) is 0.364. The largest absolute Gasteiger partial charge is 0.480 e. The van der Waals surface area contributed by atoms with Crippen LogP contribution in [0.25, 0.3) is 0 Å². The molecular formula is C11H14N2O5S. The van der Waals surface area contributed by atoms with E-state index in [9.17, 15) is 14.4 Å². The van der Waals surface area contributed by atoms with Crippen LogP contribution in [0, 0.1) is 0 Å². The molecule has 0 saturated heterocycles. The second-order valence-electron chi connectivity index (χ2n) is 3.73. The van der Waals surface area contributed by atoms with Crippen molar-refractivity contribution in [3.63, 3.8) is 0 Å². The summed E-state index contributed by atoms with van der Waals surface area (Å²) in [6, 6.07) is 1.72. The van der Waals surface area contributed by atoms with E-state index >= 15 is 0 Å². The first kappa shape index (κ1) is 15.1. The predicted molar refractivity (Wildman–Crippen MR) is 68.6 cm³/mol. The van der Waals surface area contributed by atoms with Gasteiger partial charge in [0.25, 0.3) is 5.91 Å². The monoisotopic (exact) mass is 286 g/mol. The maximum Gasteiger partial charge on any atom is 0.326 e. The summed E-state index contributed by atoms with van der Waals surface area (Å²) < 4.78 is 5.23. The predicted octanol–water partition coefficient (Wildman–Crippen LogP) is 0.201. The van der Waals surface area contributed by atoms with E-state index in [2.05, 4.69) is 5.32 Å². The molecule has 0 aliphatic heterocycles. The van der Waals surface area contributed by atoms with Crippen LogP contribution in [-0.2, 0) is 15.3 Å². The molecular weight excluding hydrogens is 272 g/mol. The first-order valence-electron chi connectivity index (χ1n) is 5.33. The van der Waals surface area contributed by atoms with Gasteiger partial charge in [0, 0.05) is 0 Å². The first-order valence-corrected chi connectivity index (χ1v) is 6.73. The highest BCUT2D eigenvalue weighted by Gasteiger charge is 2.24. The zero-order chi connectivity index (χ0) is 14.4. The summed E-state index contributed by atoms with van der Waals surface area (Å²) in [5.74, 6) is -1.62. The van der Waals surface area contributed by atoms with Crippen molar-refractivity contribution < 1.29 is 23.9 Å². The summed E-state index contributed by atoms with van der Waals surface area (Å²) >= 11 is 1.53. The van der Waals surface area contributed by atoms with Gasteiger partial charge in [-0.05, 0) is 18.4 Å². The Hall–Kier alpha value is -1.96. The average Bonchev–Trinajstić information content (AvgIpc) is 2.76. The Morgan fingerprint density at radius 2 is 2.16 bits per heavy atom. The first-order chi connectivity index (χ1) is 8.93. The van der Waals surface area contributed by atoms with Gasteiger partial charge in [-0.25, -0.2) is 4.79 Å². The minimum absolute atomic E-state index is 0.000213. The Bertz CT molecular complexity index is 485. The quantitative estimate of drug-likeness (QED) is 0.658. The zero-order valence-corrected chi connectivity index (χ0v) is 11.0. The van der Waals surface area contributed by atoms with Crippen molar-refractivity contribution in [1.82, 2.24) is 5.32 Å². The molecule has 0 radical (unpaired) electrons. The van der Waals surface area contributed by atoms with E-state index < -0.39 is 30.2 Å². The van der Waals surface area contributed by atoms with Gasteiger partial charge in [0.15, 0.2) is 5.76 Å². The average molecular weight is 286 g/mol.